The molecule has 1 aliphatic heterocycles. The van der Waals surface area contributed by atoms with Gasteiger partial charge in [0.05, 0.1) is 22.7 Å². The topological polar surface area (TPSA) is 64.0 Å². The summed E-state index contributed by atoms with van der Waals surface area (Å²) in [6.45, 7) is 6.12. The first-order valence-corrected chi connectivity index (χ1v) is 10.1. The molecule has 1 N–H and O–H groups in total. The van der Waals surface area contributed by atoms with E-state index in [-0.39, 0.29) is 11.4 Å². The first-order valence-electron chi connectivity index (χ1n) is 8.60. The van der Waals surface area contributed by atoms with Gasteiger partial charge in [-0.05, 0) is 37.6 Å². The number of hydrogen-bond donors (Lipinski definition) is 1. The zero-order chi connectivity index (χ0) is 18.5. The molecule has 6 heteroatoms. The van der Waals surface area contributed by atoms with E-state index in [0.717, 1.165) is 22.0 Å². The molecule has 0 spiro atoms. The van der Waals surface area contributed by atoms with Crippen molar-refractivity contribution in [2.24, 2.45) is 0 Å². The molecule has 0 aliphatic carbocycles. The summed E-state index contributed by atoms with van der Waals surface area (Å²) in [5.74, 6) is 1.38. The number of hydrogen-bond acceptors (Lipinski definition) is 3. The number of rotatable bonds is 2. The number of fused-ring (bicyclic) bond motifs is 2. The van der Waals surface area contributed by atoms with Crippen LogP contribution in [0.15, 0.2) is 42.5 Å². The number of nitrogens with zero attached hydrogens (tertiary/aromatic N) is 2. The molecule has 2 heterocycles. The molecular formula is C20H21N3O2S. The Hall–Kier alpha value is -2.47. The van der Waals surface area contributed by atoms with Gasteiger partial charge in [-0.3, -0.25) is 9.00 Å². The van der Waals surface area contributed by atoms with E-state index in [4.69, 9.17) is 0 Å². The highest BCUT2D eigenvalue weighted by atomic mass is 32.2. The summed E-state index contributed by atoms with van der Waals surface area (Å²) in [4.78, 5) is 13.1. The van der Waals surface area contributed by atoms with Gasteiger partial charge in [-0.15, -0.1) is 0 Å². The minimum atomic E-state index is -0.942. The quantitative estimate of drug-likeness (QED) is 0.749. The molecule has 2 aromatic carbocycles. The van der Waals surface area contributed by atoms with Gasteiger partial charge in [0.1, 0.15) is 5.82 Å². The molecule has 0 saturated carbocycles. The highest BCUT2D eigenvalue weighted by Crippen LogP contribution is 2.33. The van der Waals surface area contributed by atoms with Crippen molar-refractivity contribution in [1.82, 2.24) is 9.78 Å². The second kappa shape index (κ2) is 6.06. The molecule has 0 fully saturated rings. The van der Waals surface area contributed by atoms with E-state index < -0.39 is 10.8 Å². The van der Waals surface area contributed by atoms with Crippen molar-refractivity contribution >= 4 is 33.3 Å². The first-order chi connectivity index (χ1) is 12.3. The normalized spacial score (nSPS) is 16.7. The van der Waals surface area contributed by atoms with Gasteiger partial charge in [0.15, 0.2) is 0 Å². The summed E-state index contributed by atoms with van der Waals surface area (Å²) in [5.41, 5.74) is 2.06. The molecule has 134 valence electrons. The van der Waals surface area contributed by atoms with Gasteiger partial charge >= 0.3 is 0 Å². The molecule has 1 atom stereocenters. The Bertz CT molecular complexity index is 1040. The molecule has 4 rings (SSSR count). The van der Waals surface area contributed by atoms with E-state index in [1.165, 1.54) is 0 Å². The molecule has 0 saturated heterocycles. The average Bonchev–Trinajstić information content (AvgIpc) is 3.11. The van der Waals surface area contributed by atoms with Crippen molar-refractivity contribution in [3.63, 3.8) is 0 Å². The lowest BCUT2D eigenvalue weighted by Gasteiger charge is -2.23. The van der Waals surface area contributed by atoms with E-state index in [9.17, 15) is 9.00 Å². The van der Waals surface area contributed by atoms with E-state index in [1.54, 1.807) is 0 Å². The maximum atomic E-state index is 13.1. The third kappa shape index (κ3) is 2.84. The summed E-state index contributed by atoms with van der Waals surface area (Å²) in [6.07, 6.45) is 0. The maximum Gasteiger partial charge on any atom is 0.257 e. The van der Waals surface area contributed by atoms with Gasteiger partial charge in [-0.2, -0.15) is 5.10 Å². The van der Waals surface area contributed by atoms with Crippen LogP contribution in [-0.4, -0.2) is 19.9 Å². The van der Waals surface area contributed by atoms with Gasteiger partial charge in [0, 0.05) is 21.9 Å². The van der Waals surface area contributed by atoms with Crippen molar-refractivity contribution in [3.05, 3.63) is 59.3 Å². The molecule has 1 aromatic heterocycles. The molecule has 5 nitrogen and oxygen atoms in total. The Morgan fingerprint density at radius 1 is 1.12 bits per heavy atom. The minimum absolute atomic E-state index is 0.173. The Morgan fingerprint density at radius 2 is 1.85 bits per heavy atom. The molecule has 26 heavy (non-hydrogen) atoms. The van der Waals surface area contributed by atoms with Gasteiger partial charge in [0.25, 0.3) is 5.91 Å². The van der Waals surface area contributed by atoms with Crippen molar-refractivity contribution < 1.29 is 9.00 Å². The smallest absolute Gasteiger partial charge is 0.257 e. The highest BCUT2D eigenvalue weighted by molar-refractivity contribution is 7.83. The zero-order valence-electron chi connectivity index (χ0n) is 15.1. The number of carbonyl (C=O) groups is 1. The Morgan fingerprint density at radius 3 is 2.62 bits per heavy atom. The SMILES string of the molecule is CC(C)(C)n1nc2c(c1NC(=O)c1cccc3ccccc13)C[S@@](=O)C2. The average molecular weight is 367 g/mol. The van der Waals surface area contributed by atoms with Crippen molar-refractivity contribution in [2.45, 2.75) is 37.8 Å². The van der Waals surface area contributed by atoms with Crippen LogP contribution in [0.25, 0.3) is 10.8 Å². The minimum Gasteiger partial charge on any atom is -0.306 e. The largest absolute Gasteiger partial charge is 0.306 e. The number of nitrogens with one attached hydrogen (secondary N) is 1. The van der Waals surface area contributed by atoms with Crippen LogP contribution >= 0.6 is 0 Å². The zero-order valence-corrected chi connectivity index (χ0v) is 15.9. The van der Waals surface area contributed by atoms with Gasteiger partial charge in [-0.25, -0.2) is 4.68 Å². The van der Waals surface area contributed by atoms with Crippen LogP contribution in [0.4, 0.5) is 5.82 Å². The number of amides is 1. The molecule has 0 bridgehead atoms. The fraction of sp³-hybridized carbons (Fsp3) is 0.300. The molecule has 1 amide bonds. The Kier molecular flexibility index (Phi) is 3.95. The summed E-state index contributed by atoms with van der Waals surface area (Å²) in [5, 5.41) is 9.62. The lowest BCUT2D eigenvalue weighted by atomic mass is 10.0. The van der Waals surface area contributed by atoms with E-state index in [2.05, 4.69) is 10.4 Å². The summed E-state index contributed by atoms with van der Waals surface area (Å²) in [6, 6.07) is 13.5. The standard InChI is InChI=1S/C20H21N3O2S/c1-20(2,3)23-18(16-11-26(25)12-17(16)22-23)21-19(24)15-10-6-8-13-7-4-5-9-14(13)15/h4-10H,11-12H2,1-3H3,(H,21,24)/t26-/m1/s1. The Balaban J connectivity index is 1.78. The number of carbonyl (C=O) groups excluding carboxylic acids is 1. The van der Waals surface area contributed by atoms with E-state index in [1.807, 2.05) is 67.9 Å². The van der Waals surface area contributed by atoms with Crippen molar-refractivity contribution in [1.29, 1.82) is 0 Å². The van der Waals surface area contributed by atoms with Gasteiger partial charge < -0.3 is 5.32 Å². The second-order valence-electron chi connectivity index (χ2n) is 7.57. The lowest BCUT2D eigenvalue weighted by molar-refractivity contribution is 0.102. The van der Waals surface area contributed by atoms with Crippen LogP contribution in [0.5, 0.6) is 0 Å². The fourth-order valence-electron chi connectivity index (χ4n) is 3.34. The molecule has 0 radical (unpaired) electrons. The van der Waals surface area contributed by atoms with Crippen molar-refractivity contribution in [2.75, 3.05) is 5.32 Å². The third-order valence-corrected chi connectivity index (χ3v) is 5.78. The maximum absolute atomic E-state index is 13.1. The van der Waals surface area contributed by atoms with Crippen LogP contribution < -0.4 is 5.32 Å². The van der Waals surface area contributed by atoms with Gasteiger partial charge in [0.2, 0.25) is 0 Å². The monoisotopic (exact) mass is 367 g/mol. The third-order valence-electron chi connectivity index (χ3n) is 4.57. The molecule has 0 unspecified atom stereocenters. The van der Waals surface area contributed by atoms with E-state index in [0.29, 0.717) is 22.9 Å². The fourth-order valence-corrected chi connectivity index (χ4v) is 4.60. The first kappa shape index (κ1) is 17.0. The second-order valence-corrected chi connectivity index (χ2v) is 9.02. The molecule has 3 aromatic rings. The van der Waals surface area contributed by atoms with Gasteiger partial charge in [-0.1, -0.05) is 36.4 Å². The number of benzene rings is 2. The summed E-state index contributed by atoms with van der Waals surface area (Å²) in [7, 11) is -0.942. The molecular weight excluding hydrogens is 346 g/mol. The van der Waals surface area contributed by atoms with Crippen molar-refractivity contribution in [3.8, 4) is 0 Å². The lowest BCUT2D eigenvalue weighted by Crippen LogP contribution is -2.27. The predicted octanol–water partition coefficient (Wildman–Crippen LogP) is 3.81. The summed E-state index contributed by atoms with van der Waals surface area (Å²) < 4.78 is 13.8. The Labute approximate surface area is 154 Å². The van der Waals surface area contributed by atoms with Crippen LogP contribution in [0.3, 0.4) is 0 Å². The summed E-state index contributed by atoms with van der Waals surface area (Å²) >= 11 is 0. The van der Waals surface area contributed by atoms with Crippen LogP contribution in [-0.2, 0) is 27.8 Å². The van der Waals surface area contributed by atoms with E-state index >= 15 is 0 Å². The predicted molar refractivity (Wildman–Crippen MR) is 105 cm³/mol. The number of anilines is 1. The van der Waals surface area contributed by atoms with Crippen LogP contribution in [0, 0.1) is 0 Å². The highest BCUT2D eigenvalue weighted by Gasteiger charge is 2.31. The number of aromatic nitrogens is 2. The molecule has 1 aliphatic rings. The van der Waals surface area contributed by atoms with Crippen LogP contribution in [0.1, 0.15) is 42.4 Å². The van der Waals surface area contributed by atoms with Crippen LogP contribution in [0.2, 0.25) is 0 Å².